The monoisotopic (exact) mass is 316 g/mol. The van der Waals surface area contributed by atoms with Crippen LogP contribution < -0.4 is 0 Å². The highest BCUT2D eigenvalue weighted by Gasteiger charge is 2.55. The Morgan fingerprint density at radius 3 is 2.27 bits per heavy atom. The van der Waals surface area contributed by atoms with E-state index in [1.54, 1.807) is 6.20 Å². The first kappa shape index (κ1) is 12.5. The fraction of sp³-hybridized carbons (Fsp3) is 0.400. The van der Waals surface area contributed by atoms with Crippen molar-refractivity contribution in [1.82, 2.24) is 12.9 Å². The molecule has 1 unspecified atom stereocenters. The van der Waals surface area contributed by atoms with Gasteiger partial charge in [0.15, 0.2) is 0 Å². The number of thiol groups is 6. The van der Waals surface area contributed by atoms with E-state index < -0.39 is 9.32 Å². The number of hydrogen-bond donors (Lipinski definition) is 6. The third-order valence-electron chi connectivity index (χ3n) is 2.10. The molecule has 15 heavy (non-hydrogen) atoms. The molecule has 0 aromatic rings. The second-order valence-corrected chi connectivity index (χ2v) is 6.48. The number of aliphatic imine (C=N–C) groups is 1. The van der Waals surface area contributed by atoms with Crippen molar-refractivity contribution in [2.45, 2.75) is 9.32 Å². The summed E-state index contributed by atoms with van der Waals surface area (Å²) in [5.74, 6) is 0. The van der Waals surface area contributed by atoms with E-state index in [2.05, 4.69) is 81.3 Å². The van der Waals surface area contributed by atoms with Crippen LogP contribution >= 0.6 is 76.3 Å². The zero-order valence-corrected chi connectivity index (χ0v) is 12.5. The molecule has 0 bridgehead atoms. The molecule has 0 radical (unpaired) electrons. The number of hydrogen-bond acceptors (Lipinski definition) is 10. The Kier molecular flexibility index (Phi) is 3.16. The minimum absolute atomic E-state index is 0.643. The Labute approximate surface area is 121 Å². The van der Waals surface area contributed by atoms with Crippen molar-refractivity contribution in [3.05, 3.63) is 11.9 Å². The summed E-state index contributed by atoms with van der Waals surface area (Å²) in [6.07, 6.45) is 3.21. The van der Waals surface area contributed by atoms with Crippen LogP contribution in [-0.4, -0.2) is 28.6 Å². The Morgan fingerprint density at radius 1 is 1.07 bits per heavy atom. The first-order valence-electron chi connectivity index (χ1n) is 3.70. The molecule has 0 aromatic heterocycles. The minimum atomic E-state index is -1.01. The predicted molar refractivity (Wildman–Crippen MR) is 81.5 cm³/mol. The van der Waals surface area contributed by atoms with Crippen LogP contribution in [0.1, 0.15) is 0 Å². The summed E-state index contributed by atoms with van der Waals surface area (Å²) >= 11 is 25.9. The Hall–Kier alpha value is 1.07. The largest absolute Gasteiger partial charge is 0.286 e. The van der Waals surface area contributed by atoms with Gasteiger partial charge in [0.25, 0.3) is 0 Å². The topological polar surface area (TPSA) is 22.1 Å². The predicted octanol–water partition coefficient (Wildman–Crippen LogP) is 1.38. The van der Waals surface area contributed by atoms with Crippen LogP contribution in [0.15, 0.2) is 16.9 Å². The molecule has 2 aliphatic rings. The third-order valence-corrected chi connectivity index (χ3v) is 5.90. The lowest BCUT2D eigenvalue weighted by molar-refractivity contribution is 0.184. The van der Waals surface area contributed by atoms with Crippen LogP contribution in [0.4, 0.5) is 0 Å². The van der Waals surface area contributed by atoms with Gasteiger partial charge in [0, 0.05) is 6.20 Å². The fourth-order valence-electron chi connectivity index (χ4n) is 1.24. The van der Waals surface area contributed by atoms with Crippen molar-refractivity contribution in [2.75, 3.05) is 0 Å². The molecule has 0 fully saturated rings. The maximum atomic E-state index is 4.50. The van der Waals surface area contributed by atoms with Crippen LogP contribution in [0.2, 0.25) is 0 Å². The van der Waals surface area contributed by atoms with Gasteiger partial charge in [-0.15, -0.1) is 37.9 Å². The second-order valence-electron chi connectivity index (χ2n) is 3.00. The van der Waals surface area contributed by atoms with Gasteiger partial charge in [0.2, 0.25) is 9.32 Å². The molecule has 2 rings (SSSR count). The quantitative estimate of drug-likeness (QED) is 0.300. The average Bonchev–Trinajstić information content (AvgIpc) is 2.44. The number of fused-ring (bicyclic) bond motifs is 1. The molecule has 4 nitrogen and oxygen atoms in total. The van der Waals surface area contributed by atoms with Crippen molar-refractivity contribution in [3.63, 3.8) is 0 Å². The lowest BCUT2D eigenvalue weighted by Gasteiger charge is -2.50. The maximum Gasteiger partial charge on any atom is 0.206 e. The Balaban J connectivity index is 2.53. The highest BCUT2D eigenvalue weighted by molar-refractivity contribution is 8.02. The van der Waals surface area contributed by atoms with Gasteiger partial charge in [-0.25, -0.2) is 4.99 Å². The molecule has 0 saturated carbocycles. The molecule has 84 valence electrons. The van der Waals surface area contributed by atoms with E-state index in [0.717, 1.165) is 0 Å². The smallest absolute Gasteiger partial charge is 0.206 e. The molecule has 2 heterocycles. The van der Waals surface area contributed by atoms with Gasteiger partial charge in [-0.3, -0.25) is 8.61 Å². The van der Waals surface area contributed by atoms with Gasteiger partial charge >= 0.3 is 0 Å². The van der Waals surface area contributed by atoms with E-state index in [1.807, 2.05) is 0 Å². The number of nitrogens with zero attached hydrogens (tertiary/aromatic N) is 4. The second kappa shape index (κ2) is 3.79. The van der Waals surface area contributed by atoms with Gasteiger partial charge in [-0.1, -0.05) is 38.4 Å². The number of rotatable bonds is 0. The van der Waals surface area contributed by atoms with Crippen molar-refractivity contribution in [3.8, 4) is 0 Å². The van der Waals surface area contributed by atoms with Gasteiger partial charge in [0.1, 0.15) is 12.0 Å². The maximum absolute atomic E-state index is 4.50. The summed E-state index contributed by atoms with van der Waals surface area (Å²) in [5.41, 5.74) is 0.643. The van der Waals surface area contributed by atoms with Crippen LogP contribution in [-0.2, 0) is 0 Å². The van der Waals surface area contributed by atoms with Crippen molar-refractivity contribution in [1.29, 1.82) is 0 Å². The molecular weight excluding hydrogens is 308 g/mol. The lowest BCUT2D eigenvalue weighted by atomic mass is 10.3. The van der Waals surface area contributed by atoms with Crippen molar-refractivity contribution < 1.29 is 0 Å². The van der Waals surface area contributed by atoms with E-state index in [4.69, 9.17) is 0 Å². The molecule has 0 amide bonds. The molecule has 2 aliphatic heterocycles. The van der Waals surface area contributed by atoms with Crippen LogP contribution in [0.25, 0.3) is 0 Å². The molecular formula is C5H8N4S6. The summed E-state index contributed by atoms with van der Waals surface area (Å²) in [6.45, 7) is 0. The minimum Gasteiger partial charge on any atom is -0.286 e. The van der Waals surface area contributed by atoms with Crippen molar-refractivity contribution >= 4 is 82.7 Å². The first-order valence-corrected chi connectivity index (χ1v) is 6.24. The Bertz CT molecular complexity index is 355. The first-order chi connectivity index (χ1) is 6.81. The summed E-state index contributed by atoms with van der Waals surface area (Å²) < 4.78 is 3.46. The molecule has 0 N–H and O–H groups in total. The molecule has 1 atom stereocenters. The highest BCUT2D eigenvalue weighted by atomic mass is 32.2. The summed E-state index contributed by atoms with van der Waals surface area (Å²) in [5, 5.41) is 0. The molecule has 0 aliphatic carbocycles. The fourth-order valence-corrected chi connectivity index (χ4v) is 2.99. The third kappa shape index (κ3) is 1.60. The average molecular weight is 317 g/mol. The normalized spacial score (nSPS) is 34.4. The zero-order valence-electron chi connectivity index (χ0n) is 7.13. The lowest BCUT2D eigenvalue weighted by Crippen LogP contribution is -2.60. The standard InChI is InChI=1S/C5H8N4S6/c10-4-3(6-2-8(4)14)1-7(13)5(11,12)9(4)15/h1-2,10-15H. The van der Waals surface area contributed by atoms with E-state index in [9.17, 15) is 0 Å². The van der Waals surface area contributed by atoms with Gasteiger partial charge in [-0.2, -0.15) is 4.31 Å². The van der Waals surface area contributed by atoms with Gasteiger partial charge in [-0.05, 0) is 0 Å². The van der Waals surface area contributed by atoms with E-state index >= 15 is 0 Å². The summed E-state index contributed by atoms with van der Waals surface area (Å²) in [7, 11) is 0. The van der Waals surface area contributed by atoms with Crippen LogP contribution in [0.3, 0.4) is 0 Å². The van der Waals surface area contributed by atoms with E-state index in [1.165, 1.54) is 19.3 Å². The summed E-state index contributed by atoms with van der Waals surface area (Å²) in [4.78, 5) is 3.24. The van der Waals surface area contributed by atoms with E-state index in [0.29, 0.717) is 5.70 Å². The van der Waals surface area contributed by atoms with Crippen LogP contribution in [0, 0.1) is 0 Å². The molecule has 10 heteroatoms. The zero-order chi connectivity index (χ0) is 11.4. The molecule has 0 aromatic carbocycles. The van der Waals surface area contributed by atoms with Crippen LogP contribution in [0.5, 0.6) is 0 Å². The Morgan fingerprint density at radius 2 is 1.67 bits per heavy atom. The van der Waals surface area contributed by atoms with E-state index in [-0.39, 0.29) is 0 Å². The highest BCUT2D eigenvalue weighted by Crippen LogP contribution is 2.51. The SMILES string of the molecule is SN1C=C2N=CN(S)C2(S)N(S)C1(S)S. The summed E-state index contributed by atoms with van der Waals surface area (Å²) in [6, 6.07) is 0. The van der Waals surface area contributed by atoms with Crippen molar-refractivity contribution in [2.24, 2.45) is 4.99 Å². The molecule has 0 spiro atoms. The van der Waals surface area contributed by atoms with Gasteiger partial charge in [0.05, 0.1) is 0 Å². The molecule has 0 saturated heterocycles. The van der Waals surface area contributed by atoms with Gasteiger partial charge < -0.3 is 0 Å².